The van der Waals surface area contributed by atoms with Crippen LogP contribution < -0.4 is 0 Å². The number of rotatable bonds is 4. The molecule has 0 saturated carbocycles. The molecule has 0 amide bonds. The minimum Gasteiger partial charge on any atom is -0.293 e. The van der Waals surface area contributed by atoms with Crippen molar-refractivity contribution in [3.63, 3.8) is 0 Å². The van der Waals surface area contributed by atoms with Crippen LogP contribution in [0.5, 0.6) is 0 Å². The Bertz CT molecular complexity index is 479. The lowest BCUT2D eigenvalue weighted by Crippen LogP contribution is -2.14. The van der Waals surface area contributed by atoms with E-state index in [0.717, 1.165) is 11.1 Å². The highest BCUT2D eigenvalue weighted by molar-refractivity contribution is 7.80. The molecule has 0 aromatic heterocycles. The summed E-state index contributed by atoms with van der Waals surface area (Å²) < 4.78 is 0. The second-order valence-electron chi connectivity index (χ2n) is 3.88. The van der Waals surface area contributed by atoms with Crippen molar-refractivity contribution in [3.8, 4) is 0 Å². The molecule has 17 heavy (non-hydrogen) atoms. The molecule has 0 radical (unpaired) electrons. The van der Waals surface area contributed by atoms with Gasteiger partial charge < -0.3 is 0 Å². The first kappa shape index (κ1) is 11.9. The molecule has 86 valence electrons. The van der Waals surface area contributed by atoms with Gasteiger partial charge >= 0.3 is 0 Å². The van der Waals surface area contributed by atoms with Gasteiger partial charge in [-0.3, -0.25) is 4.79 Å². The fourth-order valence-corrected chi connectivity index (χ4v) is 2.21. The molecule has 1 unspecified atom stereocenters. The van der Waals surface area contributed by atoms with Gasteiger partial charge in [0.2, 0.25) is 0 Å². The van der Waals surface area contributed by atoms with E-state index < -0.39 is 0 Å². The van der Waals surface area contributed by atoms with E-state index in [1.54, 1.807) is 0 Å². The second kappa shape index (κ2) is 5.69. The summed E-state index contributed by atoms with van der Waals surface area (Å²) in [5, 5.41) is 0. The Labute approximate surface area is 107 Å². The van der Waals surface area contributed by atoms with Crippen LogP contribution in [0.25, 0.3) is 0 Å². The van der Waals surface area contributed by atoms with Crippen molar-refractivity contribution < 1.29 is 4.79 Å². The lowest BCUT2D eigenvalue weighted by Gasteiger charge is -2.13. The Morgan fingerprint density at radius 1 is 0.941 bits per heavy atom. The quantitative estimate of drug-likeness (QED) is 0.640. The zero-order chi connectivity index (χ0) is 12.1. The van der Waals surface area contributed by atoms with Crippen LogP contribution in [0.2, 0.25) is 0 Å². The van der Waals surface area contributed by atoms with Crippen LogP contribution in [0.15, 0.2) is 60.7 Å². The average molecular weight is 242 g/mol. The number of benzene rings is 2. The van der Waals surface area contributed by atoms with E-state index in [1.165, 1.54) is 0 Å². The molecule has 0 saturated heterocycles. The molecule has 2 heteroatoms. The Morgan fingerprint density at radius 2 is 1.47 bits per heavy atom. The lowest BCUT2D eigenvalue weighted by atomic mass is 9.92. The highest BCUT2D eigenvalue weighted by atomic mass is 32.1. The summed E-state index contributed by atoms with van der Waals surface area (Å²) in [6.45, 7) is 0. The maximum Gasteiger partial charge on any atom is 0.171 e. The van der Waals surface area contributed by atoms with Gasteiger partial charge in [0, 0.05) is 11.3 Å². The van der Waals surface area contributed by atoms with E-state index in [9.17, 15) is 4.79 Å². The number of Topliss-reactive ketones (excluding diaryl/α,β-unsaturated/α-hetero) is 1. The van der Waals surface area contributed by atoms with Crippen LogP contribution in [0, 0.1) is 0 Å². The summed E-state index contributed by atoms with van der Waals surface area (Å²) >= 11 is 4.30. The second-order valence-corrected chi connectivity index (χ2v) is 4.24. The molecule has 0 fully saturated rings. The Morgan fingerprint density at radius 3 is 2.00 bits per heavy atom. The van der Waals surface area contributed by atoms with Crippen LogP contribution in [0.4, 0.5) is 0 Å². The van der Waals surface area contributed by atoms with Gasteiger partial charge in [0.25, 0.3) is 0 Å². The van der Waals surface area contributed by atoms with Crippen molar-refractivity contribution in [3.05, 3.63) is 71.8 Å². The van der Waals surface area contributed by atoms with Gasteiger partial charge in [0.15, 0.2) is 5.78 Å². The van der Waals surface area contributed by atoms with Gasteiger partial charge in [0.1, 0.15) is 0 Å². The van der Waals surface area contributed by atoms with E-state index in [4.69, 9.17) is 0 Å². The number of hydrogen-bond acceptors (Lipinski definition) is 2. The number of carbonyl (C=O) groups is 1. The summed E-state index contributed by atoms with van der Waals surface area (Å²) in [7, 11) is 0. The molecule has 0 N–H and O–H groups in total. The van der Waals surface area contributed by atoms with Crippen LogP contribution >= 0.6 is 12.6 Å². The number of thiol groups is 1. The summed E-state index contributed by atoms with van der Waals surface area (Å²) in [4.78, 5) is 12.3. The number of hydrogen-bond donors (Lipinski definition) is 1. The van der Waals surface area contributed by atoms with E-state index >= 15 is 0 Å². The fraction of sp³-hybridized carbons (Fsp3) is 0.133. The molecule has 1 nitrogen and oxygen atoms in total. The maximum atomic E-state index is 12.3. The predicted molar refractivity (Wildman–Crippen MR) is 73.8 cm³/mol. The molecule has 0 bridgehead atoms. The minimum absolute atomic E-state index is 0.131. The van der Waals surface area contributed by atoms with Crippen molar-refractivity contribution in [2.45, 2.75) is 5.92 Å². The Kier molecular flexibility index (Phi) is 3.99. The SMILES string of the molecule is O=C(c1ccccc1)C(CS)c1ccccc1. The molecule has 0 aliphatic carbocycles. The standard InChI is InChI=1S/C15H14OS/c16-15(13-9-5-2-6-10-13)14(11-17)12-7-3-1-4-8-12/h1-10,14,17H,11H2. The van der Waals surface area contributed by atoms with Crippen molar-refractivity contribution in [2.75, 3.05) is 5.75 Å². The summed E-state index contributed by atoms with van der Waals surface area (Å²) in [6, 6.07) is 19.2. The third kappa shape index (κ3) is 2.77. The molecule has 0 aliphatic rings. The first-order chi connectivity index (χ1) is 8.33. The summed E-state index contributed by atoms with van der Waals surface area (Å²) in [6.07, 6.45) is 0. The largest absolute Gasteiger partial charge is 0.293 e. The van der Waals surface area contributed by atoms with Crippen molar-refractivity contribution >= 4 is 18.4 Å². The maximum absolute atomic E-state index is 12.3. The van der Waals surface area contributed by atoms with Crippen molar-refractivity contribution in [1.29, 1.82) is 0 Å². The average Bonchev–Trinajstić information content (AvgIpc) is 2.42. The normalized spacial score (nSPS) is 12.1. The molecular formula is C15H14OS. The van der Waals surface area contributed by atoms with Gasteiger partial charge in [-0.1, -0.05) is 60.7 Å². The molecule has 0 aliphatic heterocycles. The van der Waals surface area contributed by atoms with Crippen molar-refractivity contribution in [1.82, 2.24) is 0 Å². The fourth-order valence-electron chi connectivity index (χ4n) is 1.83. The van der Waals surface area contributed by atoms with Gasteiger partial charge in [-0.15, -0.1) is 0 Å². The lowest BCUT2D eigenvalue weighted by molar-refractivity contribution is 0.0968. The predicted octanol–water partition coefficient (Wildman–Crippen LogP) is 3.58. The van der Waals surface area contributed by atoms with Gasteiger partial charge in [0.05, 0.1) is 5.92 Å². The van der Waals surface area contributed by atoms with Gasteiger partial charge in [-0.05, 0) is 5.56 Å². The van der Waals surface area contributed by atoms with Crippen LogP contribution in [0.3, 0.4) is 0 Å². The number of carbonyl (C=O) groups excluding carboxylic acids is 1. The first-order valence-electron chi connectivity index (χ1n) is 5.58. The highest BCUT2D eigenvalue weighted by Crippen LogP contribution is 2.22. The summed E-state index contributed by atoms with van der Waals surface area (Å²) in [5.74, 6) is 0.492. The van der Waals surface area contributed by atoms with Crippen LogP contribution in [0.1, 0.15) is 21.8 Å². The van der Waals surface area contributed by atoms with Crippen LogP contribution in [-0.4, -0.2) is 11.5 Å². The minimum atomic E-state index is -0.165. The van der Waals surface area contributed by atoms with E-state index in [0.29, 0.717) is 5.75 Å². The van der Waals surface area contributed by atoms with Gasteiger partial charge in [-0.25, -0.2) is 0 Å². The molecule has 0 spiro atoms. The molecule has 1 atom stereocenters. The number of ketones is 1. The van der Waals surface area contributed by atoms with E-state index in [1.807, 2.05) is 60.7 Å². The molecule has 2 aromatic rings. The molecule has 2 aromatic carbocycles. The smallest absolute Gasteiger partial charge is 0.171 e. The highest BCUT2D eigenvalue weighted by Gasteiger charge is 2.19. The third-order valence-electron chi connectivity index (χ3n) is 2.76. The molecule has 0 heterocycles. The topological polar surface area (TPSA) is 17.1 Å². The van der Waals surface area contributed by atoms with Crippen molar-refractivity contribution in [2.24, 2.45) is 0 Å². The Hall–Kier alpha value is -1.54. The summed E-state index contributed by atoms with van der Waals surface area (Å²) in [5.41, 5.74) is 1.77. The molecule has 2 rings (SSSR count). The first-order valence-corrected chi connectivity index (χ1v) is 6.21. The zero-order valence-corrected chi connectivity index (χ0v) is 10.3. The van der Waals surface area contributed by atoms with Crippen LogP contribution in [-0.2, 0) is 0 Å². The Balaban J connectivity index is 2.29. The monoisotopic (exact) mass is 242 g/mol. The van der Waals surface area contributed by atoms with Gasteiger partial charge in [-0.2, -0.15) is 12.6 Å². The zero-order valence-electron chi connectivity index (χ0n) is 9.41. The molecular weight excluding hydrogens is 228 g/mol. The van der Waals surface area contributed by atoms with E-state index in [-0.39, 0.29) is 11.7 Å². The van der Waals surface area contributed by atoms with E-state index in [2.05, 4.69) is 12.6 Å². The third-order valence-corrected chi connectivity index (χ3v) is 3.12.